The van der Waals surface area contributed by atoms with Crippen molar-refractivity contribution < 1.29 is 15.0 Å². The monoisotopic (exact) mass is 265 g/mol. The number of carbonyl (C=O) groups is 1. The number of aliphatic hydroxyl groups excluding tert-OH is 1. The fourth-order valence-electron chi connectivity index (χ4n) is 2.33. The summed E-state index contributed by atoms with van der Waals surface area (Å²) in [5.41, 5.74) is 0.979. The summed E-state index contributed by atoms with van der Waals surface area (Å²) in [5, 5.41) is 17.9. The maximum absolute atomic E-state index is 10.9. The lowest BCUT2D eigenvalue weighted by molar-refractivity contribution is 0.0690. The molecule has 104 valence electrons. The molecule has 1 fully saturated rings. The van der Waals surface area contributed by atoms with Crippen LogP contribution in [-0.2, 0) is 0 Å². The fourth-order valence-corrected chi connectivity index (χ4v) is 2.33. The third kappa shape index (κ3) is 3.65. The van der Waals surface area contributed by atoms with E-state index in [0.717, 1.165) is 38.3 Å². The number of aliphatic hydroxyl groups is 1. The third-order valence-corrected chi connectivity index (χ3v) is 3.33. The first-order chi connectivity index (χ1) is 9.20. The zero-order chi connectivity index (χ0) is 13.7. The van der Waals surface area contributed by atoms with Crippen LogP contribution in [0.5, 0.6) is 0 Å². The van der Waals surface area contributed by atoms with Crippen molar-refractivity contribution in [2.45, 2.75) is 6.42 Å². The van der Waals surface area contributed by atoms with Crippen LogP contribution < -0.4 is 4.90 Å². The highest BCUT2D eigenvalue weighted by atomic mass is 16.4. The fraction of sp³-hybridized carbons (Fsp3) is 0.538. The summed E-state index contributed by atoms with van der Waals surface area (Å²) in [7, 11) is 0. The first-order valence-electron chi connectivity index (χ1n) is 6.48. The molecule has 6 nitrogen and oxygen atoms in total. The van der Waals surface area contributed by atoms with Crippen molar-refractivity contribution >= 4 is 11.7 Å². The van der Waals surface area contributed by atoms with Crippen molar-refractivity contribution in [1.29, 1.82) is 0 Å². The largest absolute Gasteiger partial charge is 0.477 e. The van der Waals surface area contributed by atoms with Gasteiger partial charge in [0.25, 0.3) is 0 Å². The van der Waals surface area contributed by atoms with Gasteiger partial charge in [-0.3, -0.25) is 4.90 Å². The Morgan fingerprint density at radius 3 is 2.89 bits per heavy atom. The number of carboxylic acids is 1. The third-order valence-electron chi connectivity index (χ3n) is 3.33. The molecule has 0 spiro atoms. The SMILES string of the molecule is O=C(O)c1cc(N2CCCN(CCO)CC2)ccn1. The quantitative estimate of drug-likeness (QED) is 0.814. The van der Waals surface area contributed by atoms with Gasteiger partial charge in [-0.05, 0) is 25.1 Å². The Morgan fingerprint density at radius 2 is 2.16 bits per heavy atom. The van der Waals surface area contributed by atoms with E-state index < -0.39 is 5.97 Å². The summed E-state index contributed by atoms with van der Waals surface area (Å²) < 4.78 is 0. The van der Waals surface area contributed by atoms with Gasteiger partial charge in [0, 0.05) is 38.1 Å². The van der Waals surface area contributed by atoms with Gasteiger partial charge in [-0.1, -0.05) is 0 Å². The van der Waals surface area contributed by atoms with Gasteiger partial charge in [-0.25, -0.2) is 9.78 Å². The van der Waals surface area contributed by atoms with Crippen molar-refractivity contribution in [3.05, 3.63) is 24.0 Å². The molecule has 1 aromatic heterocycles. The molecule has 0 aliphatic carbocycles. The van der Waals surface area contributed by atoms with Crippen molar-refractivity contribution in [3.8, 4) is 0 Å². The van der Waals surface area contributed by atoms with Crippen LogP contribution >= 0.6 is 0 Å². The van der Waals surface area contributed by atoms with E-state index in [9.17, 15) is 4.79 Å². The minimum Gasteiger partial charge on any atom is -0.477 e. The smallest absolute Gasteiger partial charge is 0.354 e. The number of β-amino-alcohol motifs (C(OH)–C–C–N with tert-alkyl or cyclic N) is 1. The molecule has 0 aromatic carbocycles. The Morgan fingerprint density at radius 1 is 1.32 bits per heavy atom. The van der Waals surface area contributed by atoms with E-state index in [1.165, 1.54) is 6.20 Å². The molecule has 1 aliphatic heterocycles. The normalized spacial score (nSPS) is 17.2. The zero-order valence-electron chi connectivity index (χ0n) is 10.8. The molecule has 1 aliphatic rings. The number of carboxylic acid groups (broad SMARTS) is 1. The van der Waals surface area contributed by atoms with E-state index in [0.29, 0.717) is 6.54 Å². The summed E-state index contributed by atoms with van der Waals surface area (Å²) in [6.45, 7) is 4.45. The van der Waals surface area contributed by atoms with Crippen LogP contribution in [0, 0.1) is 0 Å². The summed E-state index contributed by atoms with van der Waals surface area (Å²) in [5.74, 6) is -1.00. The maximum Gasteiger partial charge on any atom is 0.354 e. The first-order valence-corrected chi connectivity index (χ1v) is 6.48. The van der Waals surface area contributed by atoms with E-state index in [2.05, 4.69) is 14.8 Å². The van der Waals surface area contributed by atoms with Crippen molar-refractivity contribution in [3.63, 3.8) is 0 Å². The van der Waals surface area contributed by atoms with Crippen molar-refractivity contribution in [2.75, 3.05) is 44.2 Å². The Bertz CT molecular complexity index is 439. The molecule has 2 N–H and O–H groups in total. The molecule has 0 atom stereocenters. The molecule has 2 heterocycles. The van der Waals surface area contributed by atoms with E-state index in [-0.39, 0.29) is 12.3 Å². The lowest BCUT2D eigenvalue weighted by atomic mass is 10.2. The highest BCUT2D eigenvalue weighted by Crippen LogP contribution is 2.17. The van der Waals surface area contributed by atoms with Crippen LogP contribution in [0.2, 0.25) is 0 Å². The highest BCUT2D eigenvalue weighted by Gasteiger charge is 2.16. The van der Waals surface area contributed by atoms with Crippen LogP contribution in [0.1, 0.15) is 16.9 Å². The standard InChI is InChI=1S/C13H19N3O3/c17-9-8-15-4-1-5-16(7-6-15)11-2-3-14-12(10-11)13(18)19/h2-3,10,17H,1,4-9H2,(H,18,19). The molecule has 2 rings (SSSR count). The minimum absolute atomic E-state index is 0.0777. The first kappa shape index (κ1) is 13.8. The van der Waals surface area contributed by atoms with Crippen LogP contribution in [0.25, 0.3) is 0 Å². The van der Waals surface area contributed by atoms with E-state index in [1.807, 2.05) is 6.07 Å². The number of hydrogen-bond donors (Lipinski definition) is 2. The lowest BCUT2D eigenvalue weighted by Gasteiger charge is -2.23. The molecule has 0 bridgehead atoms. The predicted molar refractivity (Wildman–Crippen MR) is 71.6 cm³/mol. The zero-order valence-corrected chi connectivity index (χ0v) is 10.8. The van der Waals surface area contributed by atoms with Crippen molar-refractivity contribution in [1.82, 2.24) is 9.88 Å². The Balaban J connectivity index is 2.05. The molecule has 0 radical (unpaired) electrons. The van der Waals surface area contributed by atoms with Gasteiger partial charge in [-0.2, -0.15) is 0 Å². The Hall–Kier alpha value is -1.66. The molecule has 19 heavy (non-hydrogen) atoms. The number of pyridine rings is 1. The van der Waals surface area contributed by atoms with E-state index in [4.69, 9.17) is 10.2 Å². The van der Waals surface area contributed by atoms with Crippen molar-refractivity contribution in [2.24, 2.45) is 0 Å². The number of aromatic nitrogens is 1. The van der Waals surface area contributed by atoms with Crippen LogP contribution in [0.3, 0.4) is 0 Å². The van der Waals surface area contributed by atoms with Gasteiger partial charge in [-0.15, -0.1) is 0 Å². The number of anilines is 1. The number of hydrogen-bond acceptors (Lipinski definition) is 5. The molecule has 1 aromatic rings. The Kier molecular flexibility index (Phi) is 4.70. The summed E-state index contributed by atoms with van der Waals surface area (Å²) in [6, 6.07) is 3.46. The van der Waals surface area contributed by atoms with Gasteiger partial charge >= 0.3 is 5.97 Å². The molecule has 1 saturated heterocycles. The highest BCUT2D eigenvalue weighted by molar-refractivity contribution is 5.86. The van der Waals surface area contributed by atoms with Gasteiger partial charge in [0.15, 0.2) is 0 Å². The molecular formula is C13H19N3O3. The summed E-state index contributed by atoms with van der Waals surface area (Å²) in [6.07, 6.45) is 2.54. The average molecular weight is 265 g/mol. The van der Waals surface area contributed by atoms with Gasteiger partial charge in [0.1, 0.15) is 5.69 Å². The second-order valence-corrected chi connectivity index (χ2v) is 4.61. The average Bonchev–Trinajstić information content (AvgIpc) is 2.65. The van der Waals surface area contributed by atoms with E-state index in [1.54, 1.807) is 6.07 Å². The molecular weight excluding hydrogens is 246 g/mol. The van der Waals surface area contributed by atoms with Gasteiger partial charge in [0.2, 0.25) is 0 Å². The van der Waals surface area contributed by atoms with Crippen LogP contribution in [0.4, 0.5) is 5.69 Å². The molecule has 0 saturated carbocycles. The summed E-state index contributed by atoms with van der Waals surface area (Å²) in [4.78, 5) is 19.1. The molecule has 0 amide bonds. The minimum atomic E-state index is -1.00. The van der Waals surface area contributed by atoms with E-state index >= 15 is 0 Å². The second-order valence-electron chi connectivity index (χ2n) is 4.61. The maximum atomic E-state index is 10.9. The summed E-state index contributed by atoms with van der Waals surface area (Å²) >= 11 is 0. The molecule has 0 unspecified atom stereocenters. The van der Waals surface area contributed by atoms with Crippen LogP contribution in [-0.4, -0.2) is 65.4 Å². The van der Waals surface area contributed by atoms with Gasteiger partial charge < -0.3 is 15.1 Å². The van der Waals surface area contributed by atoms with Crippen LogP contribution in [0.15, 0.2) is 18.3 Å². The molecule has 6 heteroatoms. The lowest BCUT2D eigenvalue weighted by Crippen LogP contribution is -2.32. The van der Waals surface area contributed by atoms with Gasteiger partial charge in [0.05, 0.1) is 6.61 Å². The Labute approximate surface area is 112 Å². The topological polar surface area (TPSA) is 76.9 Å². The second kappa shape index (κ2) is 6.49. The number of aromatic carboxylic acids is 1. The number of rotatable bonds is 4. The predicted octanol–water partition coefficient (Wildman–Crippen LogP) is 0.284. The number of nitrogens with zero attached hydrogens (tertiary/aromatic N) is 3.